The Morgan fingerprint density at radius 1 is 1.32 bits per heavy atom. The monoisotopic (exact) mass is 293 g/mol. The summed E-state index contributed by atoms with van der Waals surface area (Å²) in [6.07, 6.45) is 1.61. The van der Waals surface area contributed by atoms with E-state index < -0.39 is 5.69 Å². The van der Waals surface area contributed by atoms with Crippen molar-refractivity contribution >= 4 is 33.2 Å². The van der Waals surface area contributed by atoms with Gasteiger partial charge in [0.05, 0.1) is 12.1 Å². The lowest BCUT2D eigenvalue weighted by atomic mass is 10.3. The lowest BCUT2D eigenvalue weighted by molar-refractivity contribution is 0.755. The highest BCUT2D eigenvalue weighted by molar-refractivity contribution is 7.17. The number of aromatic amines is 1. The minimum absolute atomic E-state index is 0.340. The van der Waals surface area contributed by atoms with Crippen molar-refractivity contribution in [2.75, 3.05) is 0 Å². The molecule has 0 aliphatic heterocycles. The van der Waals surface area contributed by atoms with E-state index in [1.165, 1.54) is 15.9 Å². The molecule has 3 aromatic heterocycles. The molecule has 0 aliphatic carbocycles. The van der Waals surface area contributed by atoms with Crippen molar-refractivity contribution in [2.45, 2.75) is 6.54 Å². The number of thiophene rings is 1. The van der Waals surface area contributed by atoms with Crippen molar-refractivity contribution in [3.05, 3.63) is 61.3 Å². The molecule has 1 N–H and O–H groups in total. The molecule has 0 saturated heterocycles. The van der Waals surface area contributed by atoms with Gasteiger partial charge in [-0.3, -0.25) is 14.3 Å². The summed E-state index contributed by atoms with van der Waals surface area (Å²) in [5.41, 5.74) is 0.700. The fraction of sp³-hybridized carbons (Fsp3) is 0.0833. The number of aromatic nitrogens is 3. The molecule has 0 radical (unpaired) electrons. The summed E-state index contributed by atoms with van der Waals surface area (Å²) in [5, 5.41) is 2.19. The largest absolute Gasteiger partial charge is 0.329 e. The SMILES string of the molecule is O=c1[nH]c(=O)n(Cc2ccc(Cl)nc2)c2ccsc12. The molecule has 7 heteroatoms. The molecule has 0 bridgehead atoms. The van der Waals surface area contributed by atoms with Crippen LogP contribution in [0.5, 0.6) is 0 Å². The third-order valence-electron chi connectivity index (χ3n) is 2.74. The Bertz CT molecular complexity index is 848. The van der Waals surface area contributed by atoms with E-state index in [1.54, 1.807) is 29.8 Å². The number of nitrogens with zero attached hydrogens (tertiary/aromatic N) is 2. The van der Waals surface area contributed by atoms with Crippen LogP contribution in [-0.2, 0) is 6.54 Å². The first-order chi connectivity index (χ1) is 9.15. The molecule has 0 aliphatic rings. The zero-order valence-corrected chi connectivity index (χ0v) is 11.2. The Kier molecular flexibility index (Phi) is 2.96. The van der Waals surface area contributed by atoms with Gasteiger partial charge in [0.15, 0.2) is 0 Å². The first-order valence-electron chi connectivity index (χ1n) is 5.46. The Labute approximate surface area is 116 Å². The minimum atomic E-state index is -0.425. The number of pyridine rings is 1. The van der Waals surface area contributed by atoms with Crippen molar-refractivity contribution in [3.8, 4) is 0 Å². The van der Waals surface area contributed by atoms with Crippen molar-refractivity contribution < 1.29 is 0 Å². The fourth-order valence-corrected chi connectivity index (χ4v) is 2.76. The van der Waals surface area contributed by atoms with Gasteiger partial charge in [-0.25, -0.2) is 9.78 Å². The topological polar surface area (TPSA) is 67.8 Å². The van der Waals surface area contributed by atoms with E-state index in [9.17, 15) is 9.59 Å². The van der Waals surface area contributed by atoms with E-state index in [1.807, 2.05) is 0 Å². The van der Waals surface area contributed by atoms with Gasteiger partial charge in [-0.1, -0.05) is 17.7 Å². The van der Waals surface area contributed by atoms with E-state index in [0.29, 0.717) is 21.9 Å². The van der Waals surface area contributed by atoms with Gasteiger partial charge in [0.25, 0.3) is 5.56 Å². The zero-order chi connectivity index (χ0) is 13.4. The Hall–Kier alpha value is -1.92. The number of nitrogens with one attached hydrogen (secondary N) is 1. The summed E-state index contributed by atoms with van der Waals surface area (Å²) < 4.78 is 2.06. The Balaban J connectivity index is 2.15. The Morgan fingerprint density at radius 3 is 2.89 bits per heavy atom. The van der Waals surface area contributed by atoms with Crippen LogP contribution in [0.2, 0.25) is 5.15 Å². The van der Waals surface area contributed by atoms with Crippen LogP contribution in [0.3, 0.4) is 0 Å². The minimum Gasteiger partial charge on any atom is -0.288 e. The van der Waals surface area contributed by atoms with Crippen LogP contribution in [0.1, 0.15) is 5.56 Å². The summed E-state index contributed by atoms with van der Waals surface area (Å²) in [5.74, 6) is 0. The quantitative estimate of drug-likeness (QED) is 0.733. The van der Waals surface area contributed by atoms with Gasteiger partial charge in [0, 0.05) is 6.20 Å². The van der Waals surface area contributed by atoms with Gasteiger partial charge in [-0.2, -0.15) is 0 Å². The van der Waals surface area contributed by atoms with Gasteiger partial charge in [-0.15, -0.1) is 11.3 Å². The van der Waals surface area contributed by atoms with Crippen LogP contribution in [0.25, 0.3) is 10.2 Å². The van der Waals surface area contributed by atoms with Crippen molar-refractivity contribution in [2.24, 2.45) is 0 Å². The molecule has 96 valence electrons. The number of rotatable bonds is 2. The summed E-state index contributed by atoms with van der Waals surface area (Å²) in [7, 11) is 0. The molecular weight excluding hydrogens is 286 g/mol. The van der Waals surface area contributed by atoms with Gasteiger partial charge in [0.1, 0.15) is 9.85 Å². The molecule has 0 aromatic carbocycles. The zero-order valence-electron chi connectivity index (χ0n) is 9.59. The predicted molar refractivity (Wildman–Crippen MR) is 75.1 cm³/mol. The highest BCUT2D eigenvalue weighted by atomic mass is 35.5. The summed E-state index contributed by atoms with van der Waals surface area (Å²) in [6, 6.07) is 5.23. The van der Waals surface area contributed by atoms with Crippen LogP contribution >= 0.6 is 22.9 Å². The molecule has 5 nitrogen and oxygen atoms in total. The van der Waals surface area contributed by atoms with E-state index in [-0.39, 0.29) is 5.56 Å². The molecule has 0 spiro atoms. The summed E-state index contributed by atoms with van der Waals surface area (Å²) in [6.45, 7) is 0.340. The molecular formula is C12H8ClN3O2S. The second-order valence-corrected chi connectivity index (χ2v) is 5.27. The van der Waals surface area contributed by atoms with Crippen LogP contribution < -0.4 is 11.2 Å². The van der Waals surface area contributed by atoms with Gasteiger partial charge >= 0.3 is 5.69 Å². The predicted octanol–water partition coefficient (Wildman–Crippen LogP) is 1.85. The fourth-order valence-electron chi connectivity index (χ4n) is 1.86. The average molecular weight is 294 g/mol. The van der Waals surface area contributed by atoms with Crippen molar-refractivity contribution in [3.63, 3.8) is 0 Å². The van der Waals surface area contributed by atoms with Crippen LogP contribution in [-0.4, -0.2) is 14.5 Å². The molecule has 0 fully saturated rings. The number of fused-ring (bicyclic) bond motifs is 1. The van der Waals surface area contributed by atoms with Crippen LogP contribution in [0.15, 0.2) is 39.4 Å². The summed E-state index contributed by atoms with van der Waals surface area (Å²) >= 11 is 7.03. The van der Waals surface area contributed by atoms with E-state index >= 15 is 0 Å². The van der Waals surface area contributed by atoms with E-state index in [4.69, 9.17) is 11.6 Å². The normalized spacial score (nSPS) is 11.0. The molecule has 3 heterocycles. The van der Waals surface area contributed by atoms with Crippen LogP contribution in [0, 0.1) is 0 Å². The molecule has 3 aromatic rings. The average Bonchev–Trinajstić information content (AvgIpc) is 2.86. The Morgan fingerprint density at radius 2 is 2.16 bits per heavy atom. The molecule has 0 amide bonds. The van der Waals surface area contributed by atoms with Crippen molar-refractivity contribution in [1.82, 2.24) is 14.5 Å². The van der Waals surface area contributed by atoms with Crippen LogP contribution in [0.4, 0.5) is 0 Å². The first-order valence-corrected chi connectivity index (χ1v) is 6.71. The maximum Gasteiger partial charge on any atom is 0.329 e. The standard InChI is InChI=1S/C12H8ClN3O2S/c13-9-2-1-7(5-14-9)6-16-8-3-4-19-10(8)11(17)15-12(16)18/h1-5H,6H2,(H,15,17,18). The lowest BCUT2D eigenvalue weighted by Crippen LogP contribution is -2.29. The van der Waals surface area contributed by atoms with Gasteiger partial charge < -0.3 is 0 Å². The maximum absolute atomic E-state index is 11.9. The second kappa shape index (κ2) is 4.64. The molecule has 0 atom stereocenters. The first kappa shape index (κ1) is 12.1. The van der Waals surface area contributed by atoms with E-state index in [2.05, 4.69) is 9.97 Å². The highest BCUT2D eigenvalue weighted by Crippen LogP contribution is 2.15. The van der Waals surface area contributed by atoms with Gasteiger partial charge in [-0.05, 0) is 23.1 Å². The third kappa shape index (κ3) is 2.20. The molecule has 0 saturated carbocycles. The summed E-state index contributed by atoms with van der Waals surface area (Å²) in [4.78, 5) is 29.8. The maximum atomic E-state index is 11.9. The molecule has 0 unspecified atom stereocenters. The van der Waals surface area contributed by atoms with E-state index in [0.717, 1.165) is 5.56 Å². The number of H-pyrrole nitrogens is 1. The van der Waals surface area contributed by atoms with Crippen molar-refractivity contribution in [1.29, 1.82) is 0 Å². The molecule has 19 heavy (non-hydrogen) atoms. The number of halogens is 1. The number of hydrogen-bond donors (Lipinski definition) is 1. The second-order valence-electron chi connectivity index (χ2n) is 3.97. The highest BCUT2D eigenvalue weighted by Gasteiger charge is 2.09. The smallest absolute Gasteiger partial charge is 0.288 e. The third-order valence-corrected chi connectivity index (χ3v) is 3.86. The lowest BCUT2D eigenvalue weighted by Gasteiger charge is -2.06. The molecule has 3 rings (SSSR count). The number of hydrogen-bond acceptors (Lipinski definition) is 4. The van der Waals surface area contributed by atoms with Gasteiger partial charge in [0.2, 0.25) is 0 Å².